The monoisotopic (exact) mass is 731 g/mol. The fourth-order valence-corrected chi connectivity index (χ4v) is 8.73. The zero-order valence-corrected chi connectivity index (χ0v) is 32.1. The molecule has 0 amide bonds. The topological polar surface area (TPSA) is 14.8 Å². The number of aromatic nitrogens is 3. The van der Waals surface area contributed by atoms with Crippen molar-refractivity contribution in [1.29, 1.82) is 0 Å². The molecule has 0 spiro atoms. The molecule has 0 bridgehead atoms. The van der Waals surface area contributed by atoms with Gasteiger partial charge in [-0.05, 0) is 108 Å². The van der Waals surface area contributed by atoms with E-state index < -0.39 is 0 Å². The molecular weight excluding hydrogens is 691 g/mol. The van der Waals surface area contributed by atoms with Crippen LogP contribution in [0.3, 0.4) is 0 Å². The minimum atomic E-state index is 1.17. The van der Waals surface area contributed by atoms with E-state index in [2.05, 4.69) is 209 Å². The lowest BCUT2D eigenvalue weighted by atomic mass is 9.98. The SMILES string of the molecule is C=C/C=C\C.Cn1c2ccc(-c3ccc4c(c3)c3ccccc3n4-c3ccccc3)cc2c2cc(-c3ccc4c5ccccc5n(-c5ccccc5)c4c3)ccc21. The molecule has 0 saturated heterocycles. The second kappa shape index (κ2) is 14.1. The van der Waals surface area contributed by atoms with E-state index in [4.69, 9.17) is 0 Å². The van der Waals surface area contributed by atoms with Crippen molar-refractivity contribution in [2.24, 2.45) is 7.05 Å². The third kappa shape index (κ3) is 5.67. The van der Waals surface area contributed by atoms with Gasteiger partial charge in [0.1, 0.15) is 0 Å². The Morgan fingerprint density at radius 3 is 1.26 bits per heavy atom. The van der Waals surface area contributed by atoms with Gasteiger partial charge in [0.15, 0.2) is 0 Å². The molecule has 0 saturated carbocycles. The highest BCUT2D eigenvalue weighted by atomic mass is 15.0. The molecule has 3 aromatic heterocycles. The maximum absolute atomic E-state index is 3.46. The van der Waals surface area contributed by atoms with E-state index >= 15 is 0 Å². The molecule has 0 radical (unpaired) electrons. The maximum atomic E-state index is 3.46. The highest BCUT2D eigenvalue weighted by molar-refractivity contribution is 6.14. The van der Waals surface area contributed by atoms with Crippen LogP contribution >= 0.6 is 0 Å². The van der Waals surface area contributed by atoms with Crippen molar-refractivity contribution in [2.75, 3.05) is 0 Å². The highest BCUT2D eigenvalue weighted by Gasteiger charge is 2.17. The Balaban J connectivity index is 0.000000749. The molecule has 3 heteroatoms. The summed E-state index contributed by atoms with van der Waals surface area (Å²) < 4.78 is 7.09. The summed E-state index contributed by atoms with van der Waals surface area (Å²) in [5.74, 6) is 0. The van der Waals surface area contributed by atoms with E-state index in [-0.39, 0.29) is 0 Å². The summed E-state index contributed by atoms with van der Waals surface area (Å²) in [6.07, 6.45) is 5.58. The molecule has 3 nitrogen and oxygen atoms in total. The summed E-state index contributed by atoms with van der Waals surface area (Å²) in [6.45, 7) is 5.42. The van der Waals surface area contributed by atoms with E-state index in [1.807, 2.05) is 19.1 Å². The van der Waals surface area contributed by atoms with Gasteiger partial charge in [-0.1, -0.05) is 128 Å². The summed E-state index contributed by atoms with van der Waals surface area (Å²) in [6, 6.07) is 66.6. The average molecular weight is 732 g/mol. The minimum absolute atomic E-state index is 1.17. The van der Waals surface area contributed by atoms with Gasteiger partial charge in [0.25, 0.3) is 0 Å². The number of benzene rings is 8. The summed E-state index contributed by atoms with van der Waals surface area (Å²) in [7, 11) is 2.18. The smallest absolute Gasteiger partial charge is 0.0547 e. The van der Waals surface area contributed by atoms with Gasteiger partial charge in [-0.2, -0.15) is 0 Å². The van der Waals surface area contributed by atoms with Crippen LogP contribution in [0.15, 0.2) is 207 Å². The van der Waals surface area contributed by atoms with Crippen LogP contribution in [-0.4, -0.2) is 13.7 Å². The Kier molecular flexibility index (Phi) is 8.42. The standard InChI is InChI=1S/C49H33N3.C5H8/c1-50-44-25-21-32(33-23-27-48-41(28-33)39-17-9-11-19-47(39)51(48)36-12-4-2-5-13-36)29-42(44)43-30-34(22-26-45(43)50)35-20-24-40-38-16-8-10-18-46(38)52(49(40)31-35)37-14-6-3-7-15-37;1-3-5-4-2/h2-31H,1H3;3-5H,1H2,2H3/b;5-4-. The van der Waals surface area contributed by atoms with Crippen LogP contribution in [0.4, 0.5) is 0 Å². The van der Waals surface area contributed by atoms with Crippen LogP contribution in [0.5, 0.6) is 0 Å². The maximum Gasteiger partial charge on any atom is 0.0547 e. The zero-order valence-electron chi connectivity index (χ0n) is 32.1. The first-order valence-corrected chi connectivity index (χ1v) is 19.6. The summed E-state index contributed by atoms with van der Waals surface area (Å²) in [5.41, 5.74) is 14.6. The number of allylic oxidation sites excluding steroid dienone is 3. The van der Waals surface area contributed by atoms with E-state index in [9.17, 15) is 0 Å². The van der Waals surface area contributed by atoms with Crippen LogP contribution in [0.1, 0.15) is 6.92 Å². The van der Waals surface area contributed by atoms with Crippen molar-refractivity contribution >= 4 is 65.4 Å². The number of aryl methyl sites for hydroxylation is 1. The number of hydrogen-bond donors (Lipinski definition) is 0. The minimum Gasteiger partial charge on any atom is -0.344 e. The van der Waals surface area contributed by atoms with Gasteiger partial charge in [0, 0.05) is 61.8 Å². The number of hydrogen-bond acceptors (Lipinski definition) is 0. The fourth-order valence-electron chi connectivity index (χ4n) is 8.73. The Morgan fingerprint density at radius 2 is 0.754 bits per heavy atom. The molecule has 3 heterocycles. The third-order valence-electron chi connectivity index (χ3n) is 11.4. The summed E-state index contributed by atoms with van der Waals surface area (Å²) >= 11 is 0. The van der Waals surface area contributed by atoms with Crippen LogP contribution in [0.2, 0.25) is 0 Å². The second-order valence-electron chi connectivity index (χ2n) is 14.6. The van der Waals surface area contributed by atoms with Crippen LogP contribution in [0.25, 0.3) is 99.0 Å². The molecule has 8 aromatic carbocycles. The molecule has 0 unspecified atom stereocenters. The van der Waals surface area contributed by atoms with Crippen molar-refractivity contribution in [3.8, 4) is 33.6 Å². The Bertz CT molecular complexity index is 3320. The van der Waals surface area contributed by atoms with Crippen LogP contribution in [-0.2, 0) is 7.05 Å². The van der Waals surface area contributed by atoms with Crippen LogP contribution < -0.4 is 0 Å². The predicted octanol–water partition coefficient (Wildman–Crippen LogP) is 14.6. The Morgan fingerprint density at radius 1 is 0.368 bits per heavy atom. The molecule has 272 valence electrons. The molecule has 0 aliphatic rings. The van der Waals surface area contributed by atoms with Gasteiger partial charge in [-0.25, -0.2) is 0 Å². The lowest BCUT2D eigenvalue weighted by molar-refractivity contribution is 1.01. The Hall–Kier alpha value is -7.36. The fraction of sp³-hybridized carbons (Fsp3) is 0.0370. The second-order valence-corrected chi connectivity index (χ2v) is 14.6. The molecular formula is C54H41N3. The van der Waals surface area contributed by atoms with Gasteiger partial charge < -0.3 is 13.7 Å². The molecule has 0 N–H and O–H groups in total. The van der Waals surface area contributed by atoms with Gasteiger partial charge in [-0.15, -0.1) is 0 Å². The molecule has 57 heavy (non-hydrogen) atoms. The van der Waals surface area contributed by atoms with E-state index in [0.29, 0.717) is 0 Å². The van der Waals surface area contributed by atoms with Crippen molar-refractivity contribution < 1.29 is 0 Å². The highest BCUT2D eigenvalue weighted by Crippen LogP contribution is 2.39. The summed E-state index contributed by atoms with van der Waals surface area (Å²) in [4.78, 5) is 0. The first kappa shape index (κ1) is 34.2. The van der Waals surface area contributed by atoms with Gasteiger partial charge >= 0.3 is 0 Å². The van der Waals surface area contributed by atoms with E-state index in [1.165, 1.54) is 99.0 Å². The summed E-state index contributed by atoms with van der Waals surface area (Å²) in [5, 5.41) is 7.60. The van der Waals surface area contributed by atoms with E-state index in [1.54, 1.807) is 6.08 Å². The van der Waals surface area contributed by atoms with Gasteiger partial charge in [0.2, 0.25) is 0 Å². The van der Waals surface area contributed by atoms with Crippen LogP contribution in [0, 0.1) is 0 Å². The molecule has 0 fully saturated rings. The lowest BCUT2D eigenvalue weighted by Gasteiger charge is -2.09. The lowest BCUT2D eigenvalue weighted by Crippen LogP contribution is -1.93. The van der Waals surface area contributed by atoms with Crippen molar-refractivity contribution in [3.63, 3.8) is 0 Å². The quantitative estimate of drug-likeness (QED) is 0.157. The average Bonchev–Trinajstić information content (AvgIpc) is 3.89. The molecule has 0 aliphatic carbocycles. The normalized spacial score (nSPS) is 11.7. The van der Waals surface area contributed by atoms with Gasteiger partial charge in [-0.3, -0.25) is 0 Å². The van der Waals surface area contributed by atoms with Gasteiger partial charge in [0.05, 0.1) is 22.1 Å². The molecule has 0 atom stereocenters. The zero-order chi connectivity index (χ0) is 38.5. The molecule has 0 aliphatic heterocycles. The van der Waals surface area contributed by atoms with Crippen molar-refractivity contribution in [2.45, 2.75) is 6.92 Å². The Labute approximate surface area is 332 Å². The van der Waals surface area contributed by atoms with Crippen molar-refractivity contribution in [1.82, 2.24) is 13.7 Å². The number of fused-ring (bicyclic) bond motifs is 9. The number of para-hydroxylation sites is 4. The van der Waals surface area contributed by atoms with E-state index in [0.717, 1.165) is 0 Å². The third-order valence-corrected chi connectivity index (χ3v) is 11.4. The largest absolute Gasteiger partial charge is 0.344 e. The van der Waals surface area contributed by atoms with Crippen molar-refractivity contribution in [3.05, 3.63) is 207 Å². The predicted molar refractivity (Wildman–Crippen MR) is 245 cm³/mol. The molecule has 11 aromatic rings. The number of rotatable bonds is 5. The first-order chi connectivity index (χ1) is 28.1. The first-order valence-electron chi connectivity index (χ1n) is 19.6. The number of nitrogens with zero attached hydrogens (tertiary/aromatic N) is 3. The molecule has 11 rings (SSSR count).